The number of hydrogen-bond acceptors (Lipinski definition) is 9. The Morgan fingerprint density at radius 1 is 0.696 bits per heavy atom. The number of methoxy groups -OCH3 is 1. The van der Waals surface area contributed by atoms with E-state index in [0.29, 0.717) is 0 Å². The van der Waals surface area contributed by atoms with Gasteiger partial charge in [-0.05, 0) is 0 Å². The van der Waals surface area contributed by atoms with Gasteiger partial charge in [0.15, 0.2) is 12.2 Å². The van der Waals surface area contributed by atoms with Crippen molar-refractivity contribution in [3.05, 3.63) is 0 Å². The number of rotatable bonds is 9. The van der Waals surface area contributed by atoms with E-state index in [2.05, 4.69) is 0 Å². The van der Waals surface area contributed by atoms with Gasteiger partial charge in [0.1, 0.15) is 19.3 Å². The highest BCUT2D eigenvalue weighted by atomic mass is 16.6. The van der Waals surface area contributed by atoms with Gasteiger partial charge < -0.3 is 23.7 Å². The number of carbonyl (C=O) groups excluding carboxylic acids is 4. The Labute approximate surface area is 134 Å². The van der Waals surface area contributed by atoms with Gasteiger partial charge in [-0.1, -0.05) is 0 Å². The SMILES string of the molecule is COC([C@H](COC(C)=O)OC(C)=O)[C@H](COC(C)=O)OC(C)=O. The summed E-state index contributed by atoms with van der Waals surface area (Å²) >= 11 is 0. The van der Waals surface area contributed by atoms with E-state index >= 15 is 0 Å². The lowest BCUT2D eigenvalue weighted by molar-refractivity contribution is -0.186. The molecule has 0 aromatic carbocycles. The largest absolute Gasteiger partial charge is 0.462 e. The molecular formula is C14H22O9. The molecule has 2 atom stereocenters. The van der Waals surface area contributed by atoms with E-state index in [-0.39, 0.29) is 13.2 Å². The molecule has 0 radical (unpaired) electrons. The minimum atomic E-state index is -1.04. The molecule has 0 heterocycles. The number of hydrogen-bond donors (Lipinski definition) is 0. The Balaban J connectivity index is 5.21. The van der Waals surface area contributed by atoms with Gasteiger partial charge in [0.25, 0.3) is 0 Å². The minimum Gasteiger partial charge on any atom is -0.462 e. The van der Waals surface area contributed by atoms with Crippen molar-refractivity contribution < 1.29 is 42.9 Å². The molecule has 9 heteroatoms. The second kappa shape index (κ2) is 10.5. The highest BCUT2D eigenvalue weighted by Crippen LogP contribution is 2.14. The predicted octanol–water partition coefficient (Wildman–Crippen LogP) is -0.00900. The van der Waals surface area contributed by atoms with Gasteiger partial charge in [0.05, 0.1) is 0 Å². The Kier molecular flexibility index (Phi) is 9.56. The van der Waals surface area contributed by atoms with Crippen molar-refractivity contribution >= 4 is 23.9 Å². The molecule has 0 rings (SSSR count). The average Bonchev–Trinajstić information content (AvgIpc) is 2.41. The van der Waals surface area contributed by atoms with E-state index < -0.39 is 42.2 Å². The molecular weight excluding hydrogens is 312 g/mol. The van der Waals surface area contributed by atoms with Crippen LogP contribution in [0.3, 0.4) is 0 Å². The van der Waals surface area contributed by atoms with Crippen LogP contribution in [0.25, 0.3) is 0 Å². The maximum Gasteiger partial charge on any atom is 0.303 e. The molecule has 0 aliphatic carbocycles. The van der Waals surface area contributed by atoms with Crippen LogP contribution in [0, 0.1) is 0 Å². The second-order valence-corrected chi connectivity index (χ2v) is 4.60. The monoisotopic (exact) mass is 334 g/mol. The summed E-state index contributed by atoms with van der Waals surface area (Å²) < 4.78 is 25.0. The average molecular weight is 334 g/mol. The maximum atomic E-state index is 11.2. The van der Waals surface area contributed by atoms with Crippen LogP contribution >= 0.6 is 0 Å². The molecule has 0 aromatic heterocycles. The summed E-state index contributed by atoms with van der Waals surface area (Å²) in [6.45, 7) is 4.11. The number of ether oxygens (including phenoxy) is 5. The molecule has 9 nitrogen and oxygen atoms in total. The molecule has 0 fully saturated rings. The minimum absolute atomic E-state index is 0.300. The van der Waals surface area contributed by atoms with Crippen molar-refractivity contribution in [2.24, 2.45) is 0 Å². The molecule has 0 N–H and O–H groups in total. The molecule has 0 bridgehead atoms. The molecule has 0 saturated heterocycles. The van der Waals surface area contributed by atoms with Crippen LogP contribution in [-0.4, -0.2) is 62.5 Å². The Bertz CT molecular complexity index is 394. The zero-order chi connectivity index (χ0) is 18.0. The Hall–Kier alpha value is -2.16. The summed E-state index contributed by atoms with van der Waals surface area (Å²) in [5, 5.41) is 0. The van der Waals surface area contributed by atoms with Gasteiger partial charge in [-0.15, -0.1) is 0 Å². The third kappa shape index (κ3) is 9.46. The summed E-state index contributed by atoms with van der Waals surface area (Å²) in [6, 6.07) is 0. The molecule has 132 valence electrons. The fraction of sp³-hybridized carbons (Fsp3) is 0.714. The van der Waals surface area contributed by atoms with E-state index in [4.69, 9.17) is 23.7 Å². The third-order valence-electron chi connectivity index (χ3n) is 2.54. The first-order chi connectivity index (χ1) is 10.7. The summed E-state index contributed by atoms with van der Waals surface area (Å²) in [7, 11) is 1.29. The lowest BCUT2D eigenvalue weighted by Crippen LogP contribution is -2.48. The van der Waals surface area contributed by atoms with E-state index in [1.807, 2.05) is 0 Å². The molecule has 0 aliphatic rings. The molecule has 0 unspecified atom stereocenters. The standard InChI is InChI=1S/C14H22O9/c1-8(15)20-6-12(22-10(3)17)14(19-5)13(23-11(4)18)7-21-9(2)16/h12-14H,6-7H2,1-5H3/t12-,13-/m0/s1. The zero-order valence-electron chi connectivity index (χ0n) is 13.8. The van der Waals surface area contributed by atoms with Gasteiger partial charge in [-0.3, -0.25) is 19.2 Å². The molecule has 0 saturated carbocycles. The Morgan fingerprint density at radius 3 is 1.26 bits per heavy atom. The topological polar surface area (TPSA) is 114 Å². The van der Waals surface area contributed by atoms with Gasteiger partial charge in [0.2, 0.25) is 0 Å². The molecule has 0 amide bonds. The first-order valence-corrected chi connectivity index (χ1v) is 6.81. The van der Waals surface area contributed by atoms with Crippen molar-refractivity contribution in [2.75, 3.05) is 20.3 Å². The van der Waals surface area contributed by atoms with Crippen LogP contribution in [0.2, 0.25) is 0 Å². The molecule has 0 aliphatic heterocycles. The first kappa shape index (κ1) is 20.8. The van der Waals surface area contributed by atoms with E-state index in [1.165, 1.54) is 34.8 Å². The highest BCUT2D eigenvalue weighted by Gasteiger charge is 2.36. The van der Waals surface area contributed by atoms with Crippen LogP contribution in [0.15, 0.2) is 0 Å². The van der Waals surface area contributed by atoms with Crippen LogP contribution in [0.5, 0.6) is 0 Å². The normalized spacial score (nSPS) is 13.0. The van der Waals surface area contributed by atoms with Crippen LogP contribution in [0.4, 0.5) is 0 Å². The highest BCUT2D eigenvalue weighted by molar-refractivity contribution is 5.68. The number of esters is 4. The van der Waals surface area contributed by atoms with Crippen molar-refractivity contribution in [3.8, 4) is 0 Å². The maximum absolute atomic E-state index is 11.2. The van der Waals surface area contributed by atoms with Crippen LogP contribution in [-0.2, 0) is 42.9 Å². The van der Waals surface area contributed by atoms with Gasteiger partial charge >= 0.3 is 23.9 Å². The number of carbonyl (C=O) groups is 4. The van der Waals surface area contributed by atoms with E-state index in [1.54, 1.807) is 0 Å². The van der Waals surface area contributed by atoms with Crippen molar-refractivity contribution in [3.63, 3.8) is 0 Å². The van der Waals surface area contributed by atoms with Gasteiger partial charge in [0, 0.05) is 34.8 Å². The Morgan fingerprint density at radius 2 is 1.04 bits per heavy atom. The second-order valence-electron chi connectivity index (χ2n) is 4.60. The summed E-state index contributed by atoms with van der Waals surface area (Å²) in [5.74, 6) is -2.45. The van der Waals surface area contributed by atoms with Crippen LogP contribution in [0.1, 0.15) is 27.7 Å². The lowest BCUT2D eigenvalue weighted by Gasteiger charge is -2.30. The van der Waals surface area contributed by atoms with Gasteiger partial charge in [-0.2, -0.15) is 0 Å². The van der Waals surface area contributed by atoms with Crippen molar-refractivity contribution in [1.82, 2.24) is 0 Å². The quantitative estimate of drug-likeness (QED) is 0.424. The van der Waals surface area contributed by atoms with Crippen molar-refractivity contribution in [2.45, 2.75) is 46.0 Å². The fourth-order valence-electron chi connectivity index (χ4n) is 1.76. The smallest absolute Gasteiger partial charge is 0.303 e. The van der Waals surface area contributed by atoms with E-state index in [9.17, 15) is 19.2 Å². The fourth-order valence-corrected chi connectivity index (χ4v) is 1.76. The van der Waals surface area contributed by atoms with Crippen LogP contribution < -0.4 is 0 Å². The molecule has 0 spiro atoms. The summed E-state index contributed by atoms with van der Waals surface area (Å²) in [5.41, 5.74) is 0. The molecule has 0 aromatic rings. The third-order valence-corrected chi connectivity index (χ3v) is 2.54. The van der Waals surface area contributed by atoms with E-state index in [0.717, 1.165) is 0 Å². The lowest BCUT2D eigenvalue weighted by atomic mass is 10.1. The predicted molar refractivity (Wildman–Crippen MR) is 75.2 cm³/mol. The first-order valence-electron chi connectivity index (χ1n) is 6.81. The van der Waals surface area contributed by atoms with Crippen molar-refractivity contribution in [1.29, 1.82) is 0 Å². The zero-order valence-corrected chi connectivity index (χ0v) is 13.8. The summed E-state index contributed by atoms with van der Waals surface area (Å²) in [6.07, 6.45) is -3.08. The summed E-state index contributed by atoms with van der Waals surface area (Å²) in [4.78, 5) is 44.3. The van der Waals surface area contributed by atoms with Gasteiger partial charge in [-0.25, -0.2) is 0 Å². The molecule has 23 heavy (non-hydrogen) atoms.